The quantitative estimate of drug-likeness (QED) is 0.720. The molecule has 1 aromatic carbocycles. The number of benzene rings is 1. The Morgan fingerprint density at radius 2 is 2.00 bits per heavy atom. The van der Waals surface area contributed by atoms with E-state index in [9.17, 15) is 0 Å². The third kappa shape index (κ3) is 4.73. The highest BCUT2D eigenvalue weighted by molar-refractivity contribution is 7.80. The SMILES string of the molecule is C=C(Cl)CC(S)CCc1ccccc1. The average molecular weight is 227 g/mol. The summed E-state index contributed by atoms with van der Waals surface area (Å²) in [6, 6.07) is 10.4. The van der Waals surface area contributed by atoms with Crippen LogP contribution in [0.4, 0.5) is 0 Å². The van der Waals surface area contributed by atoms with Gasteiger partial charge in [-0.1, -0.05) is 48.5 Å². The molecule has 0 saturated carbocycles. The Kier molecular flexibility index (Phi) is 5.13. The molecular weight excluding hydrogens is 212 g/mol. The van der Waals surface area contributed by atoms with Gasteiger partial charge in [0.05, 0.1) is 0 Å². The smallest absolute Gasteiger partial charge is 0.0120 e. The molecule has 1 aromatic rings. The van der Waals surface area contributed by atoms with Crippen molar-refractivity contribution >= 4 is 24.2 Å². The van der Waals surface area contributed by atoms with Crippen LogP contribution >= 0.6 is 24.2 Å². The molecule has 1 rings (SSSR count). The van der Waals surface area contributed by atoms with Gasteiger partial charge >= 0.3 is 0 Å². The van der Waals surface area contributed by atoms with Crippen molar-refractivity contribution in [1.29, 1.82) is 0 Å². The lowest BCUT2D eigenvalue weighted by molar-refractivity contribution is 0.766. The van der Waals surface area contributed by atoms with Crippen molar-refractivity contribution in [2.45, 2.75) is 24.5 Å². The van der Waals surface area contributed by atoms with Crippen molar-refractivity contribution in [2.24, 2.45) is 0 Å². The van der Waals surface area contributed by atoms with Crippen LogP contribution in [0.3, 0.4) is 0 Å². The minimum atomic E-state index is 0.320. The predicted octanol–water partition coefficient (Wildman–Crippen LogP) is 4.06. The number of allylic oxidation sites excluding steroid dienone is 1. The Bertz CT molecular complexity index is 282. The van der Waals surface area contributed by atoms with Gasteiger partial charge in [-0.3, -0.25) is 0 Å². The minimum Gasteiger partial charge on any atom is -0.176 e. The van der Waals surface area contributed by atoms with Crippen LogP contribution in [0.1, 0.15) is 18.4 Å². The average Bonchev–Trinajstić information content (AvgIpc) is 2.15. The Balaban J connectivity index is 2.30. The van der Waals surface area contributed by atoms with Gasteiger partial charge in [0.1, 0.15) is 0 Å². The van der Waals surface area contributed by atoms with Crippen molar-refractivity contribution in [3.8, 4) is 0 Å². The van der Waals surface area contributed by atoms with Gasteiger partial charge in [-0.2, -0.15) is 12.6 Å². The van der Waals surface area contributed by atoms with Crippen LogP contribution in [0.15, 0.2) is 41.9 Å². The summed E-state index contributed by atoms with van der Waals surface area (Å²) in [5, 5.41) is 1.01. The first-order valence-corrected chi connectivity index (χ1v) is 5.63. The number of rotatable bonds is 5. The summed E-state index contributed by atoms with van der Waals surface area (Å²) in [4.78, 5) is 0. The molecule has 1 atom stereocenters. The van der Waals surface area contributed by atoms with Crippen molar-refractivity contribution in [3.05, 3.63) is 47.5 Å². The Hall–Kier alpha value is -0.400. The van der Waals surface area contributed by atoms with E-state index in [0.717, 1.165) is 19.3 Å². The molecular formula is C12H15ClS. The number of hydrogen-bond donors (Lipinski definition) is 1. The van der Waals surface area contributed by atoms with E-state index >= 15 is 0 Å². The maximum absolute atomic E-state index is 5.71. The van der Waals surface area contributed by atoms with Crippen molar-refractivity contribution < 1.29 is 0 Å². The molecule has 14 heavy (non-hydrogen) atoms. The third-order valence-corrected chi connectivity index (χ3v) is 2.66. The molecule has 0 amide bonds. The van der Waals surface area contributed by atoms with E-state index < -0.39 is 0 Å². The van der Waals surface area contributed by atoms with Crippen LogP contribution in [0, 0.1) is 0 Å². The zero-order valence-corrected chi connectivity index (χ0v) is 9.77. The predicted molar refractivity (Wildman–Crippen MR) is 67.1 cm³/mol. The maximum Gasteiger partial charge on any atom is 0.0120 e. The van der Waals surface area contributed by atoms with E-state index in [1.165, 1.54) is 5.56 Å². The molecule has 1 unspecified atom stereocenters. The highest BCUT2D eigenvalue weighted by Crippen LogP contribution is 2.17. The third-order valence-electron chi connectivity index (χ3n) is 2.07. The van der Waals surface area contributed by atoms with Gasteiger partial charge in [-0.25, -0.2) is 0 Å². The number of thiol groups is 1. The fourth-order valence-electron chi connectivity index (χ4n) is 1.34. The molecule has 76 valence electrons. The summed E-state index contributed by atoms with van der Waals surface area (Å²) < 4.78 is 0. The van der Waals surface area contributed by atoms with E-state index in [4.69, 9.17) is 11.6 Å². The normalized spacial score (nSPS) is 12.4. The van der Waals surface area contributed by atoms with Gasteiger partial charge in [0.15, 0.2) is 0 Å². The fourth-order valence-corrected chi connectivity index (χ4v) is 1.98. The van der Waals surface area contributed by atoms with Gasteiger partial charge in [0.25, 0.3) is 0 Å². The van der Waals surface area contributed by atoms with Crippen molar-refractivity contribution in [2.75, 3.05) is 0 Å². The largest absolute Gasteiger partial charge is 0.176 e. The number of aryl methyl sites for hydroxylation is 1. The van der Waals surface area contributed by atoms with Gasteiger partial charge in [0.2, 0.25) is 0 Å². The maximum atomic E-state index is 5.71. The summed E-state index contributed by atoms with van der Waals surface area (Å²) in [7, 11) is 0. The summed E-state index contributed by atoms with van der Waals surface area (Å²) in [6.07, 6.45) is 2.88. The van der Waals surface area contributed by atoms with Gasteiger partial charge in [-0.05, 0) is 24.8 Å². The molecule has 0 nitrogen and oxygen atoms in total. The topological polar surface area (TPSA) is 0 Å². The Morgan fingerprint density at radius 1 is 1.36 bits per heavy atom. The van der Waals surface area contributed by atoms with E-state index in [-0.39, 0.29) is 0 Å². The molecule has 0 aromatic heterocycles. The van der Waals surface area contributed by atoms with Gasteiger partial charge < -0.3 is 0 Å². The number of hydrogen-bond acceptors (Lipinski definition) is 1. The second-order valence-electron chi connectivity index (χ2n) is 3.40. The summed E-state index contributed by atoms with van der Waals surface area (Å²) >= 11 is 10.2. The highest BCUT2D eigenvalue weighted by atomic mass is 35.5. The van der Waals surface area contributed by atoms with Gasteiger partial charge in [0, 0.05) is 10.3 Å². The molecule has 2 heteroatoms. The van der Waals surface area contributed by atoms with Crippen molar-refractivity contribution in [1.82, 2.24) is 0 Å². The fraction of sp³-hybridized carbons (Fsp3) is 0.333. The number of halogens is 1. The highest BCUT2D eigenvalue weighted by Gasteiger charge is 2.04. The standard InChI is InChI=1S/C12H15ClS/c1-10(13)9-12(14)8-7-11-5-3-2-4-6-11/h2-6,12,14H,1,7-9H2. The van der Waals surface area contributed by atoms with Crippen LogP contribution in [0.2, 0.25) is 0 Å². The molecule has 0 bridgehead atoms. The Morgan fingerprint density at radius 3 is 2.57 bits per heavy atom. The second-order valence-corrected chi connectivity index (χ2v) is 4.66. The first-order valence-electron chi connectivity index (χ1n) is 4.74. The monoisotopic (exact) mass is 226 g/mol. The van der Waals surface area contributed by atoms with Crippen LogP contribution in [-0.2, 0) is 6.42 Å². The molecule has 0 aliphatic heterocycles. The van der Waals surface area contributed by atoms with Crippen LogP contribution in [0.25, 0.3) is 0 Å². The van der Waals surface area contributed by atoms with E-state index in [1.807, 2.05) is 6.07 Å². The van der Waals surface area contributed by atoms with E-state index in [0.29, 0.717) is 10.3 Å². The molecule has 0 aliphatic rings. The molecule has 0 fully saturated rings. The molecule has 0 aliphatic carbocycles. The lowest BCUT2D eigenvalue weighted by Gasteiger charge is -2.08. The lowest BCUT2D eigenvalue weighted by atomic mass is 10.1. The van der Waals surface area contributed by atoms with E-state index in [1.54, 1.807) is 0 Å². The molecule has 0 N–H and O–H groups in total. The summed E-state index contributed by atoms with van der Waals surface area (Å²) in [5.74, 6) is 0. The van der Waals surface area contributed by atoms with Crippen LogP contribution < -0.4 is 0 Å². The molecule has 0 heterocycles. The minimum absolute atomic E-state index is 0.320. The van der Waals surface area contributed by atoms with Crippen LogP contribution in [0.5, 0.6) is 0 Å². The van der Waals surface area contributed by atoms with Crippen LogP contribution in [-0.4, -0.2) is 5.25 Å². The molecule has 0 saturated heterocycles. The zero-order chi connectivity index (χ0) is 10.4. The Labute approximate surface area is 96.4 Å². The molecule has 0 radical (unpaired) electrons. The first kappa shape index (κ1) is 11.7. The van der Waals surface area contributed by atoms with E-state index in [2.05, 4.69) is 43.5 Å². The van der Waals surface area contributed by atoms with Crippen molar-refractivity contribution in [3.63, 3.8) is 0 Å². The van der Waals surface area contributed by atoms with Gasteiger partial charge in [-0.15, -0.1) is 0 Å². The summed E-state index contributed by atoms with van der Waals surface area (Å²) in [5.41, 5.74) is 1.35. The first-order chi connectivity index (χ1) is 6.68. The summed E-state index contributed by atoms with van der Waals surface area (Å²) in [6.45, 7) is 3.67. The lowest BCUT2D eigenvalue weighted by Crippen LogP contribution is -2.00. The zero-order valence-electron chi connectivity index (χ0n) is 8.12. The molecule has 0 spiro atoms. The second kappa shape index (κ2) is 6.15.